The molecule has 1 N–H and O–H groups in total. The molecule has 0 saturated heterocycles. The van der Waals surface area contributed by atoms with Crippen LogP contribution in [0.1, 0.15) is 29.7 Å². The Morgan fingerprint density at radius 2 is 1.76 bits per heavy atom. The molecule has 0 aliphatic carbocycles. The molecule has 0 amide bonds. The Morgan fingerprint density at radius 1 is 1.24 bits per heavy atom. The van der Waals surface area contributed by atoms with Crippen LogP contribution in [0.3, 0.4) is 0 Å². The number of hydrogen-bond acceptors (Lipinski definition) is 1. The highest BCUT2D eigenvalue weighted by Gasteiger charge is 2.41. The topological polar surface area (TPSA) is 12.0 Å². The molecule has 0 saturated carbocycles. The van der Waals surface area contributed by atoms with Crippen molar-refractivity contribution < 1.29 is 13.2 Å². The lowest BCUT2D eigenvalue weighted by Gasteiger charge is -2.23. The Bertz CT molecular complexity index is 401. The van der Waals surface area contributed by atoms with Gasteiger partial charge in [-0.05, 0) is 43.1 Å². The largest absolute Gasteiger partial charge is 0.407 e. The lowest BCUT2D eigenvalue weighted by Crippen LogP contribution is -2.34. The SMILES string of the molecule is CCNC(c1cc(C)c(C)cc1Cl)C(F)(F)F. The van der Waals surface area contributed by atoms with E-state index in [4.69, 9.17) is 11.6 Å². The summed E-state index contributed by atoms with van der Waals surface area (Å²) in [4.78, 5) is 0. The second kappa shape index (κ2) is 5.27. The third kappa shape index (κ3) is 3.36. The number of halogens is 4. The molecule has 0 bridgehead atoms. The summed E-state index contributed by atoms with van der Waals surface area (Å²) in [6.45, 7) is 5.45. The van der Waals surface area contributed by atoms with Crippen molar-refractivity contribution in [1.82, 2.24) is 5.32 Å². The minimum Gasteiger partial charge on any atom is -0.303 e. The molecule has 5 heteroatoms. The zero-order valence-electron chi connectivity index (χ0n) is 9.95. The van der Waals surface area contributed by atoms with Gasteiger partial charge in [0.1, 0.15) is 6.04 Å². The van der Waals surface area contributed by atoms with Gasteiger partial charge in [0.05, 0.1) is 0 Å². The van der Waals surface area contributed by atoms with Gasteiger partial charge in [-0.2, -0.15) is 13.2 Å². The van der Waals surface area contributed by atoms with Crippen LogP contribution in [0.2, 0.25) is 5.02 Å². The lowest BCUT2D eigenvalue weighted by molar-refractivity contribution is -0.157. The number of nitrogens with one attached hydrogen (secondary N) is 1. The quantitative estimate of drug-likeness (QED) is 0.865. The highest BCUT2D eigenvalue weighted by atomic mass is 35.5. The van der Waals surface area contributed by atoms with Crippen LogP contribution in [0.15, 0.2) is 12.1 Å². The number of rotatable bonds is 3. The van der Waals surface area contributed by atoms with Crippen molar-refractivity contribution in [2.75, 3.05) is 6.54 Å². The van der Waals surface area contributed by atoms with Gasteiger partial charge in [0.15, 0.2) is 0 Å². The molecule has 0 aromatic heterocycles. The molecule has 0 radical (unpaired) electrons. The number of alkyl halides is 3. The van der Waals surface area contributed by atoms with E-state index < -0.39 is 12.2 Å². The van der Waals surface area contributed by atoms with E-state index in [-0.39, 0.29) is 17.1 Å². The molecule has 1 aromatic carbocycles. The first kappa shape index (κ1) is 14.3. The van der Waals surface area contributed by atoms with Crippen LogP contribution in [0.4, 0.5) is 13.2 Å². The molecule has 1 rings (SSSR count). The first-order valence-electron chi connectivity index (χ1n) is 5.34. The van der Waals surface area contributed by atoms with Gasteiger partial charge in [0.2, 0.25) is 0 Å². The van der Waals surface area contributed by atoms with Gasteiger partial charge in [-0.25, -0.2) is 0 Å². The number of benzene rings is 1. The van der Waals surface area contributed by atoms with Crippen LogP contribution in [0, 0.1) is 13.8 Å². The van der Waals surface area contributed by atoms with Gasteiger partial charge in [-0.3, -0.25) is 0 Å². The van der Waals surface area contributed by atoms with E-state index in [9.17, 15) is 13.2 Å². The molecule has 0 spiro atoms. The van der Waals surface area contributed by atoms with Crippen LogP contribution >= 0.6 is 11.6 Å². The summed E-state index contributed by atoms with van der Waals surface area (Å²) in [6, 6.07) is 1.36. The van der Waals surface area contributed by atoms with E-state index in [1.54, 1.807) is 19.9 Å². The summed E-state index contributed by atoms with van der Waals surface area (Å²) in [7, 11) is 0. The second-order valence-electron chi connectivity index (χ2n) is 3.99. The van der Waals surface area contributed by atoms with Gasteiger partial charge in [-0.15, -0.1) is 0 Å². The van der Waals surface area contributed by atoms with Gasteiger partial charge in [0.25, 0.3) is 0 Å². The van der Waals surface area contributed by atoms with Crippen LogP contribution in [-0.4, -0.2) is 12.7 Å². The second-order valence-corrected chi connectivity index (χ2v) is 4.40. The van der Waals surface area contributed by atoms with Crippen molar-refractivity contribution >= 4 is 11.6 Å². The molecule has 0 aliphatic rings. The molecule has 0 fully saturated rings. The fourth-order valence-electron chi connectivity index (χ4n) is 1.63. The highest BCUT2D eigenvalue weighted by molar-refractivity contribution is 6.31. The minimum absolute atomic E-state index is 0.0871. The molecule has 1 unspecified atom stereocenters. The molecule has 0 aliphatic heterocycles. The molecule has 1 atom stereocenters. The third-order valence-electron chi connectivity index (χ3n) is 2.66. The van der Waals surface area contributed by atoms with E-state index in [2.05, 4.69) is 5.32 Å². The molecule has 1 nitrogen and oxygen atoms in total. The third-order valence-corrected chi connectivity index (χ3v) is 2.99. The molecular weight excluding hydrogens is 251 g/mol. The summed E-state index contributed by atoms with van der Waals surface area (Å²) < 4.78 is 38.7. The highest BCUT2D eigenvalue weighted by Crippen LogP contribution is 2.37. The standard InChI is InChI=1S/C12H15ClF3N/c1-4-17-11(12(14,15)16)9-5-7(2)8(3)6-10(9)13/h5-6,11,17H,4H2,1-3H3. The summed E-state index contributed by atoms with van der Waals surface area (Å²) in [6.07, 6.45) is -4.35. The van der Waals surface area contributed by atoms with Crippen LogP contribution < -0.4 is 5.32 Å². The monoisotopic (exact) mass is 265 g/mol. The normalized spacial score (nSPS) is 13.8. The maximum absolute atomic E-state index is 12.9. The number of hydrogen-bond donors (Lipinski definition) is 1. The van der Waals surface area contributed by atoms with Crippen molar-refractivity contribution in [2.24, 2.45) is 0 Å². The molecule has 96 valence electrons. The molecule has 0 heterocycles. The van der Waals surface area contributed by atoms with Gasteiger partial charge >= 0.3 is 6.18 Å². The van der Waals surface area contributed by atoms with Gasteiger partial charge < -0.3 is 5.32 Å². The average molecular weight is 266 g/mol. The fourth-order valence-corrected chi connectivity index (χ4v) is 1.96. The Morgan fingerprint density at radius 3 is 2.24 bits per heavy atom. The van der Waals surface area contributed by atoms with Crippen LogP contribution in [0.25, 0.3) is 0 Å². The molecule has 1 aromatic rings. The van der Waals surface area contributed by atoms with E-state index >= 15 is 0 Å². The van der Waals surface area contributed by atoms with E-state index in [0.717, 1.165) is 11.1 Å². The zero-order chi connectivity index (χ0) is 13.2. The van der Waals surface area contributed by atoms with E-state index in [1.807, 2.05) is 6.92 Å². The van der Waals surface area contributed by atoms with Crippen LogP contribution in [0.5, 0.6) is 0 Å². The fraction of sp³-hybridized carbons (Fsp3) is 0.500. The Labute approximate surface area is 104 Å². The van der Waals surface area contributed by atoms with E-state index in [1.165, 1.54) is 6.07 Å². The van der Waals surface area contributed by atoms with Crippen molar-refractivity contribution in [2.45, 2.75) is 33.0 Å². The maximum atomic E-state index is 12.9. The Hall–Kier alpha value is -0.740. The smallest absolute Gasteiger partial charge is 0.303 e. The van der Waals surface area contributed by atoms with Gasteiger partial charge in [-0.1, -0.05) is 24.6 Å². The van der Waals surface area contributed by atoms with Crippen molar-refractivity contribution in [1.29, 1.82) is 0 Å². The zero-order valence-corrected chi connectivity index (χ0v) is 10.7. The van der Waals surface area contributed by atoms with Gasteiger partial charge in [0, 0.05) is 5.02 Å². The minimum atomic E-state index is -4.35. The first-order valence-corrected chi connectivity index (χ1v) is 5.72. The number of aryl methyl sites for hydroxylation is 2. The maximum Gasteiger partial charge on any atom is 0.407 e. The molecular formula is C12H15ClF3N. The summed E-state index contributed by atoms with van der Waals surface area (Å²) in [5, 5.41) is 2.57. The van der Waals surface area contributed by atoms with E-state index in [0.29, 0.717) is 0 Å². The molecule has 17 heavy (non-hydrogen) atoms. The summed E-state index contributed by atoms with van der Waals surface area (Å²) in [5.74, 6) is 0. The Balaban J connectivity index is 3.23. The van der Waals surface area contributed by atoms with Crippen molar-refractivity contribution in [3.05, 3.63) is 33.8 Å². The summed E-state index contributed by atoms with van der Waals surface area (Å²) in [5.41, 5.74) is 1.77. The predicted molar refractivity (Wildman–Crippen MR) is 63.4 cm³/mol. The van der Waals surface area contributed by atoms with Crippen molar-refractivity contribution in [3.8, 4) is 0 Å². The predicted octanol–water partition coefficient (Wildman–Crippen LogP) is 4.17. The Kier molecular flexibility index (Phi) is 4.44. The van der Waals surface area contributed by atoms with Crippen molar-refractivity contribution in [3.63, 3.8) is 0 Å². The first-order chi connectivity index (χ1) is 7.77. The van der Waals surface area contributed by atoms with Crippen LogP contribution in [-0.2, 0) is 0 Å². The average Bonchev–Trinajstić information content (AvgIpc) is 2.19. The lowest BCUT2D eigenvalue weighted by atomic mass is 10.0. The summed E-state index contributed by atoms with van der Waals surface area (Å²) >= 11 is 5.90.